The molecule has 0 heterocycles. The second-order valence-corrected chi connectivity index (χ2v) is 5.43. The third-order valence-corrected chi connectivity index (χ3v) is 2.83. The molecule has 0 aliphatic carbocycles. The first kappa shape index (κ1) is 16.9. The molecule has 2 atom stereocenters. The summed E-state index contributed by atoms with van der Waals surface area (Å²) in [6, 6.07) is 3.16. The van der Waals surface area contributed by atoms with E-state index in [0.29, 0.717) is 5.92 Å². The average Bonchev–Trinajstić information content (AvgIpc) is 2.36. The summed E-state index contributed by atoms with van der Waals surface area (Å²) in [5.74, 6) is -0.542. The van der Waals surface area contributed by atoms with Crippen LogP contribution in [-0.2, 0) is 4.74 Å². The van der Waals surface area contributed by atoms with E-state index in [2.05, 4.69) is 19.2 Å². The Morgan fingerprint density at radius 1 is 1.25 bits per heavy atom. The fourth-order valence-electron chi connectivity index (χ4n) is 1.93. The molecule has 0 spiro atoms. The van der Waals surface area contributed by atoms with E-state index in [1.807, 2.05) is 6.92 Å². The van der Waals surface area contributed by atoms with Crippen LogP contribution >= 0.6 is 0 Å². The van der Waals surface area contributed by atoms with Gasteiger partial charge in [-0.15, -0.1) is 0 Å². The van der Waals surface area contributed by atoms with Gasteiger partial charge in [0.05, 0.1) is 24.5 Å². The third-order valence-electron chi connectivity index (χ3n) is 2.83. The van der Waals surface area contributed by atoms with E-state index in [1.54, 1.807) is 0 Å². The summed E-state index contributed by atoms with van der Waals surface area (Å²) in [6.07, 6.45) is 0.210. The van der Waals surface area contributed by atoms with Crippen LogP contribution in [0.15, 0.2) is 18.2 Å². The van der Waals surface area contributed by atoms with Crippen molar-refractivity contribution in [1.82, 2.24) is 0 Å². The first-order chi connectivity index (χ1) is 9.38. The number of ether oxygens (including phenoxy) is 1. The molecule has 0 saturated carbocycles. The summed E-state index contributed by atoms with van der Waals surface area (Å²) in [7, 11) is 0. The summed E-state index contributed by atoms with van der Waals surface area (Å²) < 4.78 is 31.8. The van der Waals surface area contributed by atoms with Crippen LogP contribution in [0.3, 0.4) is 0 Å². The van der Waals surface area contributed by atoms with E-state index in [4.69, 9.17) is 4.74 Å². The molecule has 2 N–H and O–H groups in total. The topological polar surface area (TPSA) is 41.5 Å². The van der Waals surface area contributed by atoms with Crippen molar-refractivity contribution < 1.29 is 18.6 Å². The summed E-state index contributed by atoms with van der Waals surface area (Å²) in [5, 5.41) is 12.4. The fraction of sp³-hybridized carbons (Fsp3) is 0.600. The van der Waals surface area contributed by atoms with E-state index in [0.717, 1.165) is 24.6 Å². The van der Waals surface area contributed by atoms with Gasteiger partial charge in [0.25, 0.3) is 0 Å². The van der Waals surface area contributed by atoms with Crippen LogP contribution in [0.4, 0.5) is 14.5 Å². The summed E-state index contributed by atoms with van der Waals surface area (Å²) in [6.45, 7) is 6.42. The molecule has 0 amide bonds. The Kier molecular flexibility index (Phi) is 6.88. The Hall–Kier alpha value is -1.20. The Morgan fingerprint density at radius 3 is 2.60 bits per heavy atom. The maximum absolute atomic E-state index is 13.3. The quantitative estimate of drug-likeness (QED) is 0.771. The molecule has 0 saturated heterocycles. The second-order valence-electron chi connectivity index (χ2n) is 5.43. The van der Waals surface area contributed by atoms with Crippen molar-refractivity contribution in [2.75, 3.05) is 18.5 Å². The van der Waals surface area contributed by atoms with Crippen molar-refractivity contribution in [2.24, 2.45) is 5.92 Å². The highest BCUT2D eigenvalue weighted by atomic mass is 19.1. The molecule has 5 heteroatoms. The van der Waals surface area contributed by atoms with Crippen LogP contribution in [-0.4, -0.2) is 30.5 Å². The zero-order valence-corrected chi connectivity index (χ0v) is 12.2. The predicted molar refractivity (Wildman–Crippen MR) is 75.7 cm³/mol. The normalized spacial score (nSPS) is 14.3. The standard InChI is InChI=1S/C15H23F2NO2/c1-10(2)6-11(3)20-9-13(19)8-18-15-7-12(16)4-5-14(15)17/h4-5,7,10-11,13,18-19H,6,8-9H2,1-3H3. The molecule has 0 bridgehead atoms. The van der Waals surface area contributed by atoms with E-state index < -0.39 is 17.7 Å². The Balaban J connectivity index is 2.32. The van der Waals surface area contributed by atoms with Crippen LogP contribution < -0.4 is 5.32 Å². The number of aliphatic hydroxyl groups excluding tert-OH is 1. The molecule has 1 aromatic carbocycles. The van der Waals surface area contributed by atoms with Gasteiger partial charge in [0.2, 0.25) is 0 Å². The zero-order chi connectivity index (χ0) is 15.1. The van der Waals surface area contributed by atoms with Gasteiger partial charge in [-0.05, 0) is 37.5 Å². The second kappa shape index (κ2) is 8.17. The van der Waals surface area contributed by atoms with Gasteiger partial charge in [0.15, 0.2) is 0 Å². The van der Waals surface area contributed by atoms with Crippen LogP contribution in [0.5, 0.6) is 0 Å². The monoisotopic (exact) mass is 287 g/mol. The maximum atomic E-state index is 13.3. The Labute approximate surface area is 119 Å². The van der Waals surface area contributed by atoms with Gasteiger partial charge >= 0.3 is 0 Å². The number of hydrogen-bond acceptors (Lipinski definition) is 3. The van der Waals surface area contributed by atoms with E-state index >= 15 is 0 Å². The molecule has 1 aromatic rings. The third kappa shape index (κ3) is 6.30. The molecule has 3 nitrogen and oxygen atoms in total. The molecular weight excluding hydrogens is 264 g/mol. The van der Waals surface area contributed by atoms with Crippen LogP contribution in [0, 0.1) is 17.6 Å². The number of rotatable bonds is 8. The minimum Gasteiger partial charge on any atom is -0.389 e. The van der Waals surface area contributed by atoms with Crippen molar-refractivity contribution >= 4 is 5.69 Å². The van der Waals surface area contributed by atoms with E-state index in [-0.39, 0.29) is 24.9 Å². The molecule has 0 aromatic heterocycles. The number of nitrogens with one attached hydrogen (secondary N) is 1. The van der Waals surface area contributed by atoms with Crippen molar-refractivity contribution in [1.29, 1.82) is 0 Å². The Bertz CT molecular complexity index is 413. The number of hydrogen-bond donors (Lipinski definition) is 2. The first-order valence-electron chi connectivity index (χ1n) is 6.87. The van der Waals surface area contributed by atoms with Gasteiger partial charge in [0.1, 0.15) is 11.6 Å². The lowest BCUT2D eigenvalue weighted by Crippen LogP contribution is -2.27. The smallest absolute Gasteiger partial charge is 0.146 e. The van der Waals surface area contributed by atoms with Crippen molar-refractivity contribution in [2.45, 2.75) is 39.4 Å². The number of aliphatic hydroxyl groups is 1. The molecule has 2 unspecified atom stereocenters. The molecule has 20 heavy (non-hydrogen) atoms. The summed E-state index contributed by atoms with van der Waals surface area (Å²) in [5.41, 5.74) is 0.0410. The van der Waals surface area contributed by atoms with Gasteiger partial charge in [0, 0.05) is 6.54 Å². The van der Waals surface area contributed by atoms with E-state index in [1.165, 1.54) is 0 Å². The maximum Gasteiger partial charge on any atom is 0.146 e. The van der Waals surface area contributed by atoms with Crippen LogP contribution in [0.2, 0.25) is 0 Å². The van der Waals surface area contributed by atoms with Crippen LogP contribution in [0.25, 0.3) is 0 Å². The molecule has 0 aliphatic heterocycles. The summed E-state index contributed by atoms with van der Waals surface area (Å²) in [4.78, 5) is 0. The molecular formula is C15H23F2NO2. The van der Waals surface area contributed by atoms with Gasteiger partial charge < -0.3 is 15.2 Å². The lowest BCUT2D eigenvalue weighted by Gasteiger charge is -2.18. The number of anilines is 1. The van der Waals surface area contributed by atoms with Gasteiger partial charge in [-0.25, -0.2) is 8.78 Å². The molecule has 0 fully saturated rings. The van der Waals surface area contributed by atoms with E-state index in [9.17, 15) is 13.9 Å². The highest BCUT2D eigenvalue weighted by Crippen LogP contribution is 2.15. The average molecular weight is 287 g/mol. The fourth-order valence-corrected chi connectivity index (χ4v) is 1.93. The zero-order valence-electron chi connectivity index (χ0n) is 12.2. The SMILES string of the molecule is CC(C)CC(C)OCC(O)CNc1cc(F)ccc1F. The van der Waals surface area contributed by atoms with Gasteiger partial charge in [-0.3, -0.25) is 0 Å². The molecule has 114 valence electrons. The minimum absolute atomic E-state index is 0.0410. The largest absolute Gasteiger partial charge is 0.389 e. The number of halogens is 2. The first-order valence-corrected chi connectivity index (χ1v) is 6.87. The van der Waals surface area contributed by atoms with Crippen molar-refractivity contribution in [3.05, 3.63) is 29.8 Å². The van der Waals surface area contributed by atoms with Crippen molar-refractivity contribution in [3.8, 4) is 0 Å². The van der Waals surface area contributed by atoms with Crippen LogP contribution in [0.1, 0.15) is 27.2 Å². The molecule has 0 radical (unpaired) electrons. The highest BCUT2D eigenvalue weighted by Gasteiger charge is 2.11. The number of benzene rings is 1. The lowest BCUT2D eigenvalue weighted by molar-refractivity contribution is -0.00445. The Morgan fingerprint density at radius 2 is 1.95 bits per heavy atom. The van der Waals surface area contributed by atoms with Gasteiger partial charge in [-0.2, -0.15) is 0 Å². The predicted octanol–water partition coefficient (Wildman–Crippen LogP) is 3.19. The van der Waals surface area contributed by atoms with Gasteiger partial charge in [-0.1, -0.05) is 13.8 Å². The van der Waals surface area contributed by atoms with Crippen molar-refractivity contribution in [3.63, 3.8) is 0 Å². The molecule has 0 aliphatic rings. The highest BCUT2D eigenvalue weighted by molar-refractivity contribution is 5.44. The lowest BCUT2D eigenvalue weighted by atomic mass is 10.1. The minimum atomic E-state index is -0.771. The molecule has 1 rings (SSSR count). The summed E-state index contributed by atoms with van der Waals surface area (Å²) >= 11 is 0.